The van der Waals surface area contributed by atoms with Gasteiger partial charge in [-0.15, -0.1) is 0 Å². The first kappa shape index (κ1) is 8.59. The molecule has 0 atom stereocenters. The van der Waals surface area contributed by atoms with Gasteiger partial charge in [-0.1, -0.05) is 6.07 Å². The molecule has 0 heterocycles. The maximum atomic E-state index is 11.2. The summed E-state index contributed by atoms with van der Waals surface area (Å²) in [6.07, 6.45) is 0. The molecule has 0 aliphatic carbocycles. The quantitative estimate of drug-likeness (QED) is 0.641. The van der Waals surface area contributed by atoms with Crippen LogP contribution in [0, 0.1) is 0 Å². The molecule has 0 aromatic heterocycles. The van der Waals surface area contributed by atoms with Crippen LogP contribution in [0.3, 0.4) is 0 Å². The topological polar surface area (TPSA) is 55.1 Å². The molecule has 3 nitrogen and oxygen atoms in total. The Hall–Kier alpha value is -1.51. The number of hydrogen-bond donors (Lipinski definition) is 2. The van der Waals surface area contributed by atoms with Crippen molar-refractivity contribution in [3.63, 3.8) is 0 Å². The first-order valence-electron chi connectivity index (χ1n) is 3.87. The summed E-state index contributed by atoms with van der Waals surface area (Å²) in [4.78, 5) is 11.2. The highest BCUT2D eigenvalue weighted by Gasteiger charge is 2.02. The highest BCUT2D eigenvalue weighted by molar-refractivity contribution is 5.94. The third-order valence-corrected chi connectivity index (χ3v) is 1.49. The van der Waals surface area contributed by atoms with E-state index < -0.39 is 0 Å². The van der Waals surface area contributed by atoms with E-state index in [2.05, 4.69) is 5.32 Å². The van der Waals surface area contributed by atoms with Gasteiger partial charge < -0.3 is 11.1 Å². The van der Waals surface area contributed by atoms with E-state index in [1.54, 1.807) is 24.3 Å². The zero-order valence-corrected chi connectivity index (χ0v) is 7.00. The Bertz CT molecular complexity index is 284. The summed E-state index contributed by atoms with van der Waals surface area (Å²) >= 11 is 0. The van der Waals surface area contributed by atoms with Gasteiger partial charge in [0, 0.05) is 17.8 Å². The fraction of sp³-hybridized carbons (Fsp3) is 0.222. The van der Waals surface area contributed by atoms with Crippen LogP contribution in [-0.2, 0) is 0 Å². The number of carbonyl (C=O) groups is 1. The van der Waals surface area contributed by atoms with Crippen LogP contribution in [0.15, 0.2) is 24.3 Å². The SMILES string of the molecule is CCNC(=O)c1cccc(N)c1. The van der Waals surface area contributed by atoms with Gasteiger partial charge in [-0.2, -0.15) is 0 Å². The summed E-state index contributed by atoms with van der Waals surface area (Å²) in [5.74, 6) is -0.0789. The molecular weight excluding hydrogens is 152 g/mol. The molecule has 0 spiro atoms. The van der Waals surface area contributed by atoms with E-state index in [1.807, 2.05) is 6.92 Å². The zero-order chi connectivity index (χ0) is 8.97. The lowest BCUT2D eigenvalue weighted by Crippen LogP contribution is -2.22. The molecule has 0 unspecified atom stereocenters. The molecule has 0 fully saturated rings. The van der Waals surface area contributed by atoms with E-state index in [1.165, 1.54) is 0 Å². The Morgan fingerprint density at radius 3 is 2.92 bits per heavy atom. The fourth-order valence-corrected chi connectivity index (χ4v) is 0.943. The fourth-order valence-electron chi connectivity index (χ4n) is 0.943. The Morgan fingerprint density at radius 1 is 1.58 bits per heavy atom. The number of hydrogen-bond acceptors (Lipinski definition) is 2. The molecule has 1 rings (SSSR count). The molecule has 1 aromatic rings. The third kappa shape index (κ3) is 1.99. The van der Waals surface area contributed by atoms with Crippen LogP contribution in [0.5, 0.6) is 0 Å². The van der Waals surface area contributed by atoms with Crippen molar-refractivity contribution in [1.29, 1.82) is 0 Å². The van der Waals surface area contributed by atoms with Crippen molar-refractivity contribution >= 4 is 11.6 Å². The van der Waals surface area contributed by atoms with Crippen molar-refractivity contribution in [2.24, 2.45) is 0 Å². The summed E-state index contributed by atoms with van der Waals surface area (Å²) in [7, 11) is 0. The third-order valence-electron chi connectivity index (χ3n) is 1.49. The lowest BCUT2D eigenvalue weighted by Gasteiger charge is -2.01. The molecule has 0 aliphatic rings. The predicted molar refractivity (Wildman–Crippen MR) is 48.9 cm³/mol. The second kappa shape index (κ2) is 3.76. The van der Waals surface area contributed by atoms with Gasteiger partial charge >= 0.3 is 0 Å². The van der Waals surface area contributed by atoms with Crippen LogP contribution in [0.25, 0.3) is 0 Å². The van der Waals surface area contributed by atoms with Gasteiger partial charge in [0.1, 0.15) is 0 Å². The first-order valence-corrected chi connectivity index (χ1v) is 3.87. The van der Waals surface area contributed by atoms with E-state index in [-0.39, 0.29) is 5.91 Å². The number of benzene rings is 1. The van der Waals surface area contributed by atoms with Crippen LogP contribution in [0.4, 0.5) is 5.69 Å². The molecule has 0 saturated carbocycles. The molecule has 1 amide bonds. The number of anilines is 1. The summed E-state index contributed by atoms with van der Waals surface area (Å²) in [5.41, 5.74) is 6.73. The molecule has 0 saturated heterocycles. The van der Waals surface area contributed by atoms with Crippen molar-refractivity contribution in [3.05, 3.63) is 29.8 Å². The van der Waals surface area contributed by atoms with Crippen LogP contribution >= 0.6 is 0 Å². The van der Waals surface area contributed by atoms with Crippen LogP contribution < -0.4 is 11.1 Å². The smallest absolute Gasteiger partial charge is 0.251 e. The van der Waals surface area contributed by atoms with Crippen molar-refractivity contribution in [3.8, 4) is 0 Å². The molecule has 12 heavy (non-hydrogen) atoms. The second-order valence-electron chi connectivity index (χ2n) is 2.48. The highest BCUT2D eigenvalue weighted by Crippen LogP contribution is 2.05. The van der Waals surface area contributed by atoms with Crippen molar-refractivity contribution in [2.75, 3.05) is 12.3 Å². The first-order chi connectivity index (χ1) is 5.74. The Labute approximate surface area is 71.6 Å². The molecule has 1 aromatic carbocycles. The largest absolute Gasteiger partial charge is 0.399 e. The summed E-state index contributed by atoms with van der Waals surface area (Å²) in [6.45, 7) is 2.51. The molecular formula is C9H12N2O. The number of carbonyl (C=O) groups excluding carboxylic acids is 1. The normalized spacial score (nSPS) is 9.42. The molecule has 0 aliphatic heterocycles. The predicted octanol–water partition coefficient (Wildman–Crippen LogP) is 1.02. The molecule has 0 bridgehead atoms. The van der Waals surface area contributed by atoms with E-state index in [9.17, 15) is 4.79 Å². The van der Waals surface area contributed by atoms with Crippen molar-refractivity contribution in [2.45, 2.75) is 6.92 Å². The minimum absolute atomic E-state index is 0.0789. The average Bonchev–Trinajstić information content (AvgIpc) is 2.05. The lowest BCUT2D eigenvalue weighted by molar-refractivity contribution is 0.0956. The van der Waals surface area contributed by atoms with Crippen molar-refractivity contribution < 1.29 is 4.79 Å². The maximum Gasteiger partial charge on any atom is 0.251 e. The van der Waals surface area contributed by atoms with Gasteiger partial charge in [-0.25, -0.2) is 0 Å². The second-order valence-corrected chi connectivity index (χ2v) is 2.48. The minimum atomic E-state index is -0.0789. The molecule has 3 heteroatoms. The van der Waals surface area contributed by atoms with E-state index in [0.717, 1.165) is 0 Å². The maximum absolute atomic E-state index is 11.2. The molecule has 3 N–H and O–H groups in total. The van der Waals surface area contributed by atoms with Crippen LogP contribution in [-0.4, -0.2) is 12.5 Å². The van der Waals surface area contributed by atoms with E-state index in [0.29, 0.717) is 17.8 Å². The lowest BCUT2D eigenvalue weighted by atomic mass is 10.2. The van der Waals surface area contributed by atoms with Gasteiger partial charge in [0.25, 0.3) is 5.91 Å². The molecule has 64 valence electrons. The average molecular weight is 164 g/mol. The van der Waals surface area contributed by atoms with Crippen LogP contribution in [0.2, 0.25) is 0 Å². The van der Waals surface area contributed by atoms with Gasteiger partial charge in [-0.3, -0.25) is 4.79 Å². The van der Waals surface area contributed by atoms with E-state index >= 15 is 0 Å². The van der Waals surface area contributed by atoms with Crippen LogP contribution in [0.1, 0.15) is 17.3 Å². The number of nitrogens with two attached hydrogens (primary N) is 1. The number of nitrogens with one attached hydrogen (secondary N) is 1. The monoisotopic (exact) mass is 164 g/mol. The van der Waals surface area contributed by atoms with Gasteiger partial charge in [0.2, 0.25) is 0 Å². The number of nitrogen functional groups attached to an aromatic ring is 1. The van der Waals surface area contributed by atoms with E-state index in [4.69, 9.17) is 5.73 Å². The number of rotatable bonds is 2. The Kier molecular flexibility index (Phi) is 2.69. The number of amides is 1. The van der Waals surface area contributed by atoms with Gasteiger partial charge in [0.15, 0.2) is 0 Å². The van der Waals surface area contributed by atoms with Crippen molar-refractivity contribution in [1.82, 2.24) is 5.32 Å². The van der Waals surface area contributed by atoms with Gasteiger partial charge in [0.05, 0.1) is 0 Å². The zero-order valence-electron chi connectivity index (χ0n) is 7.00. The summed E-state index contributed by atoms with van der Waals surface area (Å²) < 4.78 is 0. The summed E-state index contributed by atoms with van der Waals surface area (Å²) in [6, 6.07) is 6.91. The Balaban J connectivity index is 2.81. The summed E-state index contributed by atoms with van der Waals surface area (Å²) in [5, 5.41) is 2.69. The Morgan fingerprint density at radius 2 is 2.33 bits per heavy atom. The molecule has 0 radical (unpaired) electrons. The standard InChI is InChI=1S/C9H12N2O/c1-2-11-9(12)7-4-3-5-8(10)6-7/h3-6H,2,10H2,1H3,(H,11,12). The minimum Gasteiger partial charge on any atom is -0.399 e. The van der Waals surface area contributed by atoms with Gasteiger partial charge in [-0.05, 0) is 25.1 Å². The highest BCUT2D eigenvalue weighted by atomic mass is 16.1.